The molecule has 0 unspecified atom stereocenters. The van der Waals surface area contributed by atoms with Crippen molar-refractivity contribution in [3.05, 3.63) is 0 Å². The Kier molecular flexibility index (Phi) is 16.3. The topological polar surface area (TPSA) is 124 Å². The van der Waals surface area contributed by atoms with Crippen LogP contribution in [0.4, 0.5) is 0 Å². The molecule has 18 heavy (non-hydrogen) atoms. The summed E-state index contributed by atoms with van der Waals surface area (Å²) in [5.74, 6) is 0.150. The van der Waals surface area contributed by atoms with Crippen LogP contribution in [-0.4, -0.2) is 25.0 Å². The summed E-state index contributed by atoms with van der Waals surface area (Å²) in [7, 11) is 0. The number of unbranched alkanes of at least 4 members (excludes halogenated alkanes) is 4. The van der Waals surface area contributed by atoms with E-state index in [2.05, 4.69) is 24.5 Å². The number of hydrogen-bond acceptors (Lipinski definition) is 2. The minimum Gasteiger partial charge on any atom is -0.370 e. The molecule has 0 heterocycles. The molecule has 0 radical (unpaired) electrons. The molecule has 0 rings (SSSR count). The van der Waals surface area contributed by atoms with Crippen molar-refractivity contribution < 1.29 is 0 Å². The SMILES string of the molecule is CCCCCNC(=N)N.CCCCCNC(=N)N. The smallest absolute Gasteiger partial charge is 0.185 e. The van der Waals surface area contributed by atoms with Crippen LogP contribution in [0, 0.1) is 10.8 Å². The molecule has 6 nitrogen and oxygen atoms in total. The van der Waals surface area contributed by atoms with Crippen LogP contribution in [0.3, 0.4) is 0 Å². The molecule has 108 valence electrons. The van der Waals surface area contributed by atoms with Gasteiger partial charge < -0.3 is 22.1 Å². The Bertz CT molecular complexity index is 183. The average Bonchev–Trinajstić information content (AvgIpc) is 2.31. The summed E-state index contributed by atoms with van der Waals surface area (Å²) in [6.45, 7) is 5.97. The highest BCUT2D eigenvalue weighted by Gasteiger charge is 1.86. The first kappa shape index (κ1) is 18.9. The number of rotatable bonds is 8. The molecule has 0 fully saturated rings. The number of nitrogens with two attached hydrogens (primary N) is 2. The normalized spacial score (nSPS) is 9.00. The van der Waals surface area contributed by atoms with Crippen molar-refractivity contribution in [3.8, 4) is 0 Å². The number of guanidine groups is 2. The van der Waals surface area contributed by atoms with Crippen molar-refractivity contribution >= 4 is 11.9 Å². The van der Waals surface area contributed by atoms with Gasteiger partial charge in [0.25, 0.3) is 0 Å². The van der Waals surface area contributed by atoms with Gasteiger partial charge in [-0.3, -0.25) is 10.8 Å². The molecule has 0 spiro atoms. The highest BCUT2D eigenvalue weighted by Crippen LogP contribution is 1.90. The van der Waals surface area contributed by atoms with E-state index in [-0.39, 0.29) is 11.9 Å². The van der Waals surface area contributed by atoms with Gasteiger partial charge in [-0.25, -0.2) is 0 Å². The second kappa shape index (κ2) is 15.5. The average molecular weight is 258 g/mol. The van der Waals surface area contributed by atoms with Crippen LogP contribution >= 0.6 is 0 Å². The van der Waals surface area contributed by atoms with E-state index in [9.17, 15) is 0 Å². The van der Waals surface area contributed by atoms with Gasteiger partial charge in [-0.1, -0.05) is 39.5 Å². The van der Waals surface area contributed by atoms with Crippen molar-refractivity contribution in [2.24, 2.45) is 11.5 Å². The van der Waals surface area contributed by atoms with E-state index in [0.29, 0.717) is 0 Å². The third-order valence-electron chi connectivity index (χ3n) is 2.19. The highest BCUT2D eigenvalue weighted by atomic mass is 15.0. The van der Waals surface area contributed by atoms with Crippen molar-refractivity contribution in [1.82, 2.24) is 10.6 Å². The Morgan fingerprint density at radius 2 is 1.11 bits per heavy atom. The Labute approximate surface area is 111 Å². The second-order valence-corrected chi connectivity index (χ2v) is 4.10. The molecule has 0 aliphatic heterocycles. The summed E-state index contributed by atoms with van der Waals surface area (Å²) in [5, 5.41) is 19.1. The van der Waals surface area contributed by atoms with Gasteiger partial charge in [-0.15, -0.1) is 0 Å². The molecule has 0 saturated heterocycles. The minimum absolute atomic E-state index is 0.0751. The fourth-order valence-corrected chi connectivity index (χ4v) is 1.20. The summed E-state index contributed by atoms with van der Waals surface area (Å²) in [5.41, 5.74) is 10.1. The quantitative estimate of drug-likeness (QED) is 0.223. The van der Waals surface area contributed by atoms with E-state index in [4.69, 9.17) is 22.3 Å². The molecular weight excluding hydrogens is 228 g/mol. The molecule has 6 heteroatoms. The Balaban J connectivity index is 0. The lowest BCUT2D eigenvalue weighted by atomic mass is 10.2. The summed E-state index contributed by atoms with van der Waals surface area (Å²) < 4.78 is 0. The van der Waals surface area contributed by atoms with Gasteiger partial charge in [-0.05, 0) is 12.8 Å². The monoisotopic (exact) mass is 258 g/mol. The first-order valence-electron chi connectivity index (χ1n) is 6.70. The third-order valence-corrected chi connectivity index (χ3v) is 2.19. The standard InChI is InChI=1S/2C6H15N3/c2*1-2-3-4-5-9-6(7)8/h2*2-5H2,1H3,(H4,7,8,9). The van der Waals surface area contributed by atoms with E-state index >= 15 is 0 Å². The van der Waals surface area contributed by atoms with E-state index in [1.807, 2.05) is 0 Å². The summed E-state index contributed by atoms with van der Waals surface area (Å²) >= 11 is 0. The van der Waals surface area contributed by atoms with E-state index < -0.39 is 0 Å². The Morgan fingerprint density at radius 3 is 1.33 bits per heavy atom. The summed E-state index contributed by atoms with van der Waals surface area (Å²) in [4.78, 5) is 0. The van der Waals surface area contributed by atoms with Crippen molar-refractivity contribution in [1.29, 1.82) is 10.8 Å². The lowest BCUT2D eigenvalue weighted by Gasteiger charge is -2.00. The predicted octanol–water partition coefficient (Wildman–Crippen LogP) is 1.32. The largest absolute Gasteiger partial charge is 0.370 e. The number of hydrogen-bond donors (Lipinski definition) is 6. The van der Waals surface area contributed by atoms with Crippen molar-refractivity contribution in [2.45, 2.75) is 52.4 Å². The minimum atomic E-state index is 0.0751. The van der Waals surface area contributed by atoms with Gasteiger partial charge >= 0.3 is 0 Å². The van der Waals surface area contributed by atoms with Gasteiger partial charge in [-0.2, -0.15) is 0 Å². The summed E-state index contributed by atoms with van der Waals surface area (Å²) in [6, 6.07) is 0. The van der Waals surface area contributed by atoms with Gasteiger partial charge in [0, 0.05) is 13.1 Å². The lowest BCUT2D eigenvalue weighted by molar-refractivity contribution is 0.692. The zero-order valence-corrected chi connectivity index (χ0v) is 11.8. The van der Waals surface area contributed by atoms with Crippen LogP contribution in [0.15, 0.2) is 0 Å². The maximum absolute atomic E-state index is 6.80. The first-order chi connectivity index (χ1) is 8.54. The Morgan fingerprint density at radius 1 is 0.778 bits per heavy atom. The molecule has 8 N–H and O–H groups in total. The van der Waals surface area contributed by atoms with Gasteiger partial charge in [0.15, 0.2) is 11.9 Å². The first-order valence-corrected chi connectivity index (χ1v) is 6.70. The highest BCUT2D eigenvalue weighted by molar-refractivity contribution is 5.74. The summed E-state index contributed by atoms with van der Waals surface area (Å²) in [6.07, 6.45) is 7.05. The van der Waals surface area contributed by atoms with E-state index in [1.165, 1.54) is 25.7 Å². The van der Waals surface area contributed by atoms with Crippen LogP contribution in [0.2, 0.25) is 0 Å². The maximum atomic E-state index is 6.80. The van der Waals surface area contributed by atoms with Crippen LogP contribution in [0.5, 0.6) is 0 Å². The van der Waals surface area contributed by atoms with Crippen molar-refractivity contribution in [2.75, 3.05) is 13.1 Å². The van der Waals surface area contributed by atoms with Gasteiger partial charge in [0.1, 0.15) is 0 Å². The van der Waals surface area contributed by atoms with E-state index in [0.717, 1.165) is 25.9 Å². The van der Waals surface area contributed by atoms with Gasteiger partial charge in [0.05, 0.1) is 0 Å². The molecule has 0 atom stereocenters. The zero-order valence-electron chi connectivity index (χ0n) is 11.8. The van der Waals surface area contributed by atoms with E-state index in [1.54, 1.807) is 0 Å². The fourth-order valence-electron chi connectivity index (χ4n) is 1.20. The molecule has 0 aliphatic carbocycles. The van der Waals surface area contributed by atoms with Crippen LogP contribution in [0.1, 0.15) is 52.4 Å². The van der Waals surface area contributed by atoms with Crippen LogP contribution < -0.4 is 22.1 Å². The molecule has 0 aromatic heterocycles. The molecular formula is C12H30N6. The maximum Gasteiger partial charge on any atom is 0.185 e. The molecule has 0 amide bonds. The second-order valence-electron chi connectivity index (χ2n) is 4.10. The Hall–Kier alpha value is -1.46. The number of nitrogens with one attached hydrogen (secondary N) is 4. The molecule has 0 bridgehead atoms. The molecule has 0 saturated carbocycles. The van der Waals surface area contributed by atoms with Crippen LogP contribution in [-0.2, 0) is 0 Å². The van der Waals surface area contributed by atoms with Crippen molar-refractivity contribution in [3.63, 3.8) is 0 Å². The van der Waals surface area contributed by atoms with Gasteiger partial charge in [0.2, 0.25) is 0 Å². The third kappa shape index (κ3) is 24.0. The molecule has 0 aromatic carbocycles. The zero-order chi connectivity index (χ0) is 14.2. The molecule has 0 aliphatic rings. The predicted molar refractivity (Wildman–Crippen MR) is 78.9 cm³/mol. The molecule has 0 aromatic rings. The lowest BCUT2D eigenvalue weighted by Crippen LogP contribution is -2.30. The fraction of sp³-hybridized carbons (Fsp3) is 0.833. The van der Waals surface area contributed by atoms with Crippen LogP contribution in [0.25, 0.3) is 0 Å².